The van der Waals surface area contributed by atoms with Gasteiger partial charge in [0.2, 0.25) is 0 Å². The normalized spacial score (nSPS) is 19.0. The maximum atomic E-state index is 12.6. The van der Waals surface area contributed by atoms with Crippen molar-refractivity contribution in [3.8, 4) is 5.75 Å². The van der Waals surface area contributed by atoms with E-state index >= 15 is 0 Å². The Labute approximate surface area is 150 Å². The van der Waals surface area contributed by atoms with Gasteiger partial charge >= 0.3 is 15.6 Å². The molecule has 0 spiro atoms. The number of pyridine rings is 1. The van der Waals surface area contributed by atoms with E-state index in [1.807, 2.05) is 0 Å². The lowest BCUT2D eigenvalue weighted by Crippen LogP contribution is -2.29. The molecule has 1 fully saturated rings. The summed E-state index contributed by atoms with van der Waals surface area (Å²) in [4.78, 5) is 12.0. The molecule has 3 rings (SSSR count). The average Bonchev–Trinajstić information content (AvgIpc) is 2.90. The number of hydrogen-bond acceptors (Lipinski definition) is 6. The van der Waals surface area contributed by atoms with Crippen LogP contribution in [0.5, 0.6) is 5.75 Å². The van der Waals surface area contributed by atoms with Gasteiger partial charge in [-0.25, -0.2) is 4.68 Å². The van der Waals surface area contributed by atoms with E-state index in [0.29, 0.717) is 19.1 Å². The molecule has 3 heterocycles. The Morgan fingerprint density at radius 3 is 2.65 bits per heavy atom. The molecule has 144 valence electrons. The number of ether oxygens (including phenoxy) is 1. The number of hydrogen-bond donors (Lipinski definition) is 0. The van der Waals surface area contributed by atoms with Crippen LogP contribution in [0.4, 0.5) is 13.2 Å². The van der Waals surface area contributed by atoms with Gasteiger partial charge in [0.15, 0.2) is 22.6 Å². The zero-order valence-electron chi connectivity index (χ0n) is 13.3. The molecule has 0 bridgehead atoms. The second kappa shape index (κ2) is 6.43. The van der Waals surface area contributed by atoms with E-state index < -0.39 is 33.2 Å². The van der Waals surface area contributed by atoms with Gasteiger partial charge in [-0.1, -0.05) is 11.6 Å². The summed E-state index contributed by atoms with van der Waals surface area (Å²) in [5.74, 6) is -0.850. The van der Waals surface area contributed by atoms with Crippen LogP contribution >= 0.6 is 11.6 Å². The van der Waals surface area contributed by atoms with Gasteiger partial charge in [-0.15, -0.1) is 0 Å². The van der Waals surface area contributed by atoms with Gasteiger partial charge in [0.25, 0.3) is 5.56 Å². The molecular weight excluding hydrogens is 403 g/mol. The Hall–Kier alpha value is -1.79. The molecule has 1 atom stereocenters. The van der Waals surface area contributed by atoms with Crippen molar-refractivity contribution in [1.82, 2.24) is 14.3 Å². The number of halogens is 4. The van der Waals surface area contributed by atoms with Gasteiger partial charge in [0.05, 0.1) is 0 Å². The van der Waals surface area contributed by atoms with Crippen LogP contribution in [0.25, 0.3) is 11.0 Å². The first kappa shape index (κ1) is 19.0. The summed E-state index contributed by atoms with van der Waals surface area (Å²) in [5.41, 5.74) is -6.81. The highest BCUT2D eigenvalue weighted by Crippen LogP contribution is 2.35. The highest BCUT2D eigenvalue weighted by molar-refractivity contribution is 7.88. The van der Waals surface area contributed by atoms with Gasteiger partial charge in [0.1, 0.15) is 5.52 Å². The van der Waals surface area contributed by atoms with Crippen molar-refractivity contribution in [2.24, 2.45) is 7.05 Å². The largest absolute Gasteiger partial charge is 0.534 e. The Morgan fingerprint density at radius 1 is 1.38 bits per heavy atom. The van der Waals surface area contributed by atoms with Crippen molar-refractivity contribution in [2.45, 2.75) is 31.0 Å². The smallest absolute Gasteiger partial charge is 0.373 e. The number of fused-ring (bicyclic) bond motifs is 1. The van der Waals surface area contributed by atoms with Crippen LogP contribution in [0, 0.1) is 0 Å². The van der Waals surface area contributed by atoms with E-state index in [2.05, 4.69) is 9.28 Å². The average molecular weight is 416 g/mol. The van der Waals surface area contributed by atoms with Crippen molar-refractivity contribution in [3.63, 3.8) is 0 Å². The minimum Gasteiger partial charge on any atom is -0.373 e. The molecule has 26 heavy (non-hydrogen) atoms. The van der Waals surface area contributed by atoms with Gasteiger partial charge < -0.3 is 13.5 Å². The summed E-state index contributed by atoms with van der Waals surface area (Å²) in [5, 5.41) is 3.98. The second-order valence-corrected chi connectivity index (χ2v) is 7.54. The van der Waals surface area contributed by atoms with E-state index in [1.165, 1.54) is 11.7 Å². The molecule has 1 aliphatic rings. The number of aromatic nitrogens is 3. The van der Waals surface area contributed by atoms with Crippen LogP contribution in [0.2, 0.25) is 5.15 Å². The summed E-state index contributed by atoms with van der Waals surface area (Å²) in [6.45, 7) is 0.446. The Kier molecular flexibility index (Phi) is 4.69. The van der Waals surface area contributed by atoms with Gasteiger partial charge in [-0.2, -0.15) is 26.7 Å². The van der Waals surface area contributed by atoms with E-state index in [-0.39, 0.29) is 16.2 Å². The maximum Gasteiger partial charge on any atom is 0.534 e. The van der Waals surface area contributed by atoms with Crippen LogP contribution < -0.4 is 9.74 Å². The van der Waals surface area contributed by atoms with Gasteiger partial charge in [-0.3, -0.25) is 4.79 Å². The van der Waals surface area contributed by atoms with E-state index in [4.69, 9.17) is 16.3 Å². The molecule has 0 amide bonds. The summed E-state index contributed by atoms with van der Waals surface area (Å²) >= 11 is 6.23. The first-order chi connectivity index (χ1) is 12.0. The van der Waals surface area contributed by atoms with Crippen LogP contribution in [-0.4, -0.2) is 34.9 Å². The molecule has 1 aliphatic heterocycles. The molecular formula is C13H13ClF3N3O5S. The van der Waals surface area contributed by atoms with Crippen LogP contribution in [-0.2, 0) is 21.9 Å². The number of nitrogens with zero attached hydrogens (tertiary/aromatic N) is 3. The zero-order chi connectivity index (χ0) is 19.3. The summed E-state index contributed by atoms with van der Waals surface area (Å²) in [7, 11) is -4.65. The van der Waals surface area contributed by atoms with Crippen molar-refractivity contribution in [1.29, 1.82) is 0 Å². The summed E-state index contributed by atoms with van der Waals surface area (Å²) in [6, 6.07) is 0.612. The van der Waals surface area contributed by atoms with Crippen LogP contribution in [0.3, 0.4) is 0 Å². The monoisotopic (exact) mass is 415 g/mol. The Morgan fingerprint density at radius 2 is 2.08 bits per heavy atom. The first-order valence-electron chi connectivity index (χ1n) is 7.43. The Bertz CT molecular complexity index is 1010. The fourth-order valence-electron chi connectivity index (χ4n) is 2.59. The number of alkyl halides is 3. The molecule has 0 saturated carbocycles. The third-order valence-electron chi connectivity index (χ3n) is 3.89. The van der Waals surface area contributed by atoms with E-state index in [0.717, 1.165) is 17.4 Å². The highest BCUT2D eigenvalue weighted by atomic mass is 35.5. The quantitative estimate of drug-likeness (QED) is 0.564. The molecule has 0 aromatic carbocycles. The second-order valence-electron chi connectivity index (χ2n) is 5.64. The van der Waals surface area contributed by atoms with Crippen LogP contribution in [0.15, 0.2) is 10.9 Å². The molecule has 0 radical (unpaired) electrons. The minimum atomic E-state index is -5.97. The third-order valence-corrected chi connectivity index (χ3v) is 5.21. The van der Waals surface area contributed by atoms with Crippen molar-refractivity contribution in [3.05, 3.63) is 21.6 Å². The molecule has 1 saturated heterocycles. The lowest BCUT2D eigenvalue weighted by Gasteiger charge is -2.23. The number of rotatable bonds is 3. The molecule has 0 aliphatic carbocycles. The van der Waals surface area contributed by atoms with Crippen molar-refractivity contribution in [2.75, 3.05) is 6.61 Å². The third kappa shape index (κ3) is 3.16. The molecule has 13 heteroatoms. The summed E-state index contributed by atoms with van der Waals surface area (Å²) < 4.78 is 72.3. The minimum absolute atomic E-state index is 0.0549. The molecule has 8 nitrogen and oxygen atoms in total. The fraction of sp³-hybridized carbons (Fsp3) is 0.538. The maximum absolute atomic E-state index is 12.6. The first-order valence-corrected chi connectivity index (χ1v) is 9.21. The standard InChI is InChI=1S/C13H13ClF3N3O5S/c1-19-8(21)6-7(25-26(22,23)13(15,16)17)10-11(19)12(14)20(18-10)9-4-2-3-5-24-9/h6,9H,2-5H2,1H3. The zero-order valence-corrected chi connectivity index (χ0v) is 14.9. The predicted octanol–water partition coefficient (Wildman–Crippen LogP) is 2.32. The molecule has 2 aromatic rings. The SMILES string of the molecule is Cn1c(=O)cc(OS(=O)(=O)C(F)(F)F)c2nn(C3CCCCO3)c(Cl)c21. The lowest BCUT2D eigenvalue weighted by molar-refractivity contribution is -0.0500. The van der Waals surface area contributed by atoms with E-state index in [9.17, 15) is 26.4 Å². The molecule has 2 aromatic heterocycles. The van der Waals surface area contributed by atoms with Crippen molar-refractivity contribution >= 4 is 32.8 Å². The predicted molar refractivity (Wildman–Crippen MR) is 84.4 cm³/mol. The fourth-order valence-corrected chi connectivity index (χ4v) is 3.41. The van der Waals surface area contributed by atoms with Crippen LogP contribution in [0.1, 0.15) is 25.5 Å². The van der Waals surface area contributed by atoms with Gasteiger partial charge in [-0.05, 0) is 19.3 Å². The highest BCUT2D eigenvalue weighted by Gasteiger charge is 2.49. The molecule has 0 N–H and O–H groups in total. The number of aryl methyl sites for hydroxylation is 1. The van der Waals surface area contributed by atoms with E-state index in [1.54, 1.807) is 0 Å². The molecule has 1 unspecified atom stereocenters. The Balaban J connectivity index is 2.19. The lowest BCUT2D eigenvalue weighted by atomic mass is 10.2. The van der Waals surface area contributed by atoms with Gasteiger partial charge in [0, 0.05) is 19.7 Å². The topological polar surface area (TPSA) is 92.4 Å². The summed E-state index contributed by atoms with van der Waals surface area (Å²) in [6.07, 6.45) is 1.64. The van der Waals surface area contributed by atoms with Crippen molar-refractivity contribution < 1.29 is 30.5 Å².